The Morgan fingerprint density at radius 2 is 1.75 bits per heavy atom. The maximum Gasteiger partial charge on any atom is 0.279 e. The number of amides is 2. The average molecular weight is 371 g/mol. The molecule has 0 heterocycles. The summed E-state index contributed by atoms with van der Waals surface area (Å²) in [5, 5.41) is 0.702. The van der Waals surface area contributed by atoms with E-state index in [4.69, 9.17) is 27.9 Å². The van der Waals surface area contributed by atoms with Gasteiger partial charge in [-0.3, -0.25) is 20.4 Å². The third-order valence-electron chi connectivity index (χ3n) is 2.97. The molecule has 0 saturated carbocycles. The molecule has 2 amide bonds. The molecule has 8 heteroatoms. The van der Waals surface area contributed by atoms with Crippen LogP contribution in [0.4, 0.5) is 4.39 Å². The number of hydrazine groups is 1. The predicted molar refractivity (Wildman–Crippen MR) is 88.6 cm³/mol. The van der Waals surface area contributed by atoms with Crippen molar-refractivity contribution in [2.24, 2.45) is 0 Å². The van der Waals surface area contributed by atoms with Gasteiger partial charge in [-0.1, -0.05) is 23.2 Å². The van der Waals surface area contributed by atoms with Crippen LogP contribution in [0.2, 0.25) is 10.0 Å². The van der Waals surface area contributed by atoms with Crippen molar-refractivity contribution < 1.29 is 18.7 Å². The Bertz CT molecular complexity index is 753. The minimum atomic E-state index is -0.919. The number of nitrogens with one attached hydrogen (secondary N) is 2. The number of hydrogen-bond acceptors (Lipinski definition) is 3. The van der Waals surface area contributed by atoms with E-state index < -0.39 is 23.7 Å². The van der Waals surface area contributed by atoms with Gasteiger partial charge < -0.3 is 4.74 Å². The molecule has 2 aromatic rings. The summed E-state index contributed by atoms with van der Waals surface area (Å²) in [6.07, 6.45) is -0.919. The molecule has 0 bridgehead atoms. The van der Waals surface area contributed by atoms with E-state index in [1.807, 2.05) is 0 Å². The average Bonchev–Trinajstić information content (AvgIpc) is 2.55. The van der Waals surface area contributed by atoms with Crippen molar-refractivity contribution in [1.29, 1.82) is 0 Å². The quantitative estimate of drug-likeness (QED) is 0.810. The first-order valence-electron chi connectivity index (χ1n) is 6.84. The highest BCUT2D eigenvalue weighted by atomic mass is 35.5. The van der Waals surface area contributed by atoms with Crippen LogP contribution in [0.15, 0.2) is 42.5 Å². The topological polar surface area (TPSA) is 67.4 Å². The van der Waals surface area contributed by atoms with E-state index in [9.17, 15) is 14.0 Å². The largest absolute Gasteiger partial charge is 0.479 e. The summed E-state index contributed by atoms with van der Waals surface area (Å²) in [7, 11) is 0. The van der Waals surface area contributed by atoms with Gasteiger partial charge in [0.2, 0.25) is 0 Å². The third-order valence-corrected chi connectivity index (χ3v) is 3.50. The number of carbonyl (C=O) groups excluding carboxylic acids is 2. The van der Waals surface area contributed by atoms with Crippen molar-refractivity contribution in [3.8, 4) is 5.75 Å². The molecule has 0 aliphatic rings. The van der Waals surface area contributed by atoms with E-state index in [1.165, 1.54) is 31.2 Å². The first-order chi connectivity index (χ1) is 11.4. The van der Waals surface area contributed by atoms with Crippen LogP contribution in [-0.4, -0.2) is 17.9 Å². The van der Waals surface area contributed by atoms with Crippen LogP contribution >= 0.6 is 23.2 Å². The second-order valence-electron chi connectivity index (χ2n) is 4.79. The number of halogens is 3. The molecule has 24 heavy (non-hydrogen) atoms. The van der Waals surface area contributed by atoms with Crippen LogP contribution in [-0.2, 0) is 4.79 Å². The Kier molecular flexibility index (Phi) is 6.00. The lowest BCUT2D eigenvalue weighted by atomic mass is 10.2. The highest BCUT2D eigenvalue weighted by Gasteiger charge is 2.17. The normalized spacial score (nSPS) is 11.5. The highest BCUT2D eigenvalue weighted by Crippen LogP contribution is 2.28. The summed E-state index contributed by atoms with van der Waals surface area (Å²) >= 11 is 11.7. The third kappa shape index (κ3) is 4.84. The number of benzene rings is 2. The predicted octanol–water partition coefficient (Wildman–Crippen LogP) is 3.36. The maximum atomic E-state index is 12.8. The number of ether oxygens (including phenoxy) is 1. The molecule has 2 aromatic carbocycles. The molecule has 0 radical (unpaired) electrons. The number of rotatable bonds is 4. The molecule has 2 rings (SSSR count). The van der Waals surface area contributed by atoms with Crippen molar-refractivity contribution in [3.05, 3.63) is 63.9 Å². The van der Waals surface area contributed by atoms with E-state index >= 15 is 0 Å². The van der Waals surface area contributed by atoms with Gasteiger partial charge in [0.15, 0.2) is 6.10 Å². The van der Waals surface area contributed by atoms with Gasteiger partial charge in [-0.05, 0) is 49.4 Å². The van der Waals surface area contributed by atoms with E-state index in [-0.39, 0.29) is 16.3 Å². The van der Waals surface area contributed by atoms with Crippen LogP contribution < -0.4 is 15.6 Å². The minimum absolute atomic E-state index is 0.200. The molecule has 0 aliphatic carbocycles. The van der Waals surface area contributed by atoms with Gasteiger partial charge in [0.25, 0.3) is 11.8 Å². The molecule has 126 valence electrons. The summed E-state index contributed by atoms with van der Waals surface area (Å²) in [5.41, 5.74) is 4.63. The monoisotopic (exact) mass is 370 g/mol. The Morgan fingerprint density at radius 1 is 1.08 bits per heavy atom. The van der Waals surface area contributed by atoms with Gasteiger partial charge in [0.1, 0.15) is 11.6 Å². The minimum Gasteiger partial charge on any atom is -0.479 e. The lowest BCUT2D eigenvalue weighted by Crippen LogP contribution is -2.47. The Balaban J connectivity index is 1.89. The van der Waals surface area contributed by atoms with Gasteiger partial charge in [-0.25, -0.2) is 4.39 Å². The molecule has 0 saturated heterocycles. The van der Waals surface area contributed by atoms with E-state index in [2.05, 4.69) is 10.9 Å². The molecule has 0 aliphatic heterocycles. The van der Waals surface area contributed by atoms with Crippen molar-refractivity contribution in [1.82, 2.24) is 10.9 Å². The molecule has 0 fully saturated rings. The zero-order valence-corrected chi connectivity index (χ0v) is 14.0. The van der Waals surface area contributed by atoms with Crippen molar-refractivity contribution in [2.45, 2.75) is 13.0 Å². The first kappa shape index (κ1) is 18.0. The van der Waals surface area contributed by atoms with Crippen LogP contribution in [0, 0.1) is 5.82 Å². The summed E-state index contributed by atoms with van der Waals surface area (Å²) in [6, 6.07) is 9.47. The van der Waals surface area contributed by atoms with Gasteiger partial charge in [-0.2, -0.15) is 0 Å². The van der Waals surface area contributed by atoms with Crippen LogP contribution in [0.1, 0.15) is 17.3 Å². The van der Waals surface area contributed by atoms with Gasteiger partial charge in [-0.15, -0.1) is 0 Å². The van der Waals surface area contributed by atoms with Crippen LogP contribution in [0.25, 0.3) is 0 Å². The van der Waals surface area contributed by atoms with E-state index in [0.717, 1.165) is 12.1 Å². The molecule has 0 spiro atoms. The summed E-state index contributed by atoms with van der Waals surface area (Å²) in [4.78, 5) is 23.7. The SMILES string of the molecule is CC(Oc1ccc(Cl)cc1Cl)C(=O)NNC(=O)c1ccc(F)cc1. The van der Waals surface area contributed by atoms with Crippen LogP contribution in [0.5, 0.6) is 5.75 Å². The molecular weight excluding hydrogens is 358 g/mol. The molecule has 1 unspecified atom stereocenters. The summed E-state index contributed by atoms with van der Waals surface area (Å²) in [6.45, 7) is 1.49. The first-order valence-corrected chi connectivity index (χ1v) is 7.60. The standard InChI is InChI=1S/C16H13Cl2FN2O3/c1-9(24-14-7-4-11(17)8-13(14)18)15(22)20-21-16(23)10-2-5-12(19)6-3-10/h2-9H,1H3,(H,20,22)(H,21,23). The second-order valence-corrected chi connectivity index (χ2v) is 5.63. The smallest absolute Gasteiger partial charge is 0.279 e. The molecular formula is C16H13Cl2FN2O3. The number of carbonyl (C=O) groups is 2. The molecule has 2 N–H and O–H groups in total. The lowest BCUT2D eigenvalue weighted by Gasteiger charge is -2.16. The molecule has 1 atom stereocenters. The lowest BCUT2D eigenvalue weighted by molar-refractivity contribution is -0.128. The van der Waals surface area contributed by atoms with Gasteiger partial charge in [0, 0.05) is 10.6 Å². The van der Waals surface area contributed by atoms with E-state index in [0.29, 0.717) is 5.02 Å². The summed E-state index contributed by atoms with van der Waals surface area (Å²) in [5.74, 6) is -1.34. The van der Waals surface area contributed by atoms with Crippen molar-refractivity contribution in [3.63, 3.8) is 0 Å². The Hall–Kier alpha value is -2.31. The molecule has 0 aromatic heterocycles. The maximum absolute atomic E-state index is 12.8. The Morgan fingerprint density at radius 3 is 2.38 bits per heavy atom. The zero-order valence-electron chi connectivity index (χ0n) is 12.5. The number of hydrogen-bond donors (Lipinski definition) is 2. The van der Waals surface area contributed by atoms with Crippen LogP contribution in [0.3, 0.4) is 0 Å². The summed E-state index contributed by atoms with van der Waals surface area (Å²) < 4.78 is 18.2. The fourth-order valence-corrected chi connectivity index (χ4v) is 2.16. The van der Waals surface area contributed by atoms with E-state index in [1.54, 1.807) is 6.07 Å². The zero-order chi connectivity index (χ0) is 17.7. The van der Waals surface area contributed by atoms with Crippen molar-refractivity contribution >= 4 is 35.0 Å². The Labute approximate surface area is 147 Å². The van der Waals surface area contributed by atoms with Gasteiger partial charge in [0.05, 0.1) is 5.02 Å². The van der Waals surface area contributed by atoms with Gasteiger partial charge >= 0.3 is 0 Å². The fourth-order valence-electron chi connectivity index (χ4n) is 1.71. The van der Waals surface area contributed by atoms with Crippen molar-refractivity contribution in [2.75, 3.05) is 0 Å². The molecule has 5 nitrogen and oxygen atoms in total. The fraction of sp³-hybridized carbons (Fsp3) is 0.125. The second kappa shape index (κ2) is 7.99. The highest BCUT2D eigenvalue weighted by molar-refractivity contribution is 6.35.